The van der Waals surface area contributed by atoms with E-state index < -0.39 is 29.5 Å². The van der Waals surface area contributed by atoms with E-state index in [1.165, 1.54) is 0 Å². The van der Waals surface area contributed by atoms with Crippen LogP contribution in [0.3, 0.4) is 0 Å². The fraction of sp³-hybridized carbons (Fsp3) is 0.400. The predicted molar refractivity (Wildman–Crippen MR) is 78.6 cm³/mol. The Morgan fingerprint density at radius 1 is 1.40 bits per heavy atom. The number of aryl methyl sites for hydroxylation is 1. The minimum Gasteiger partial charge on any atom is -0.351 e. The maximum Gasteiger partial charge on any atom is 0.416 e. The molecule has 0 spiro atoms. The molecule has 1 unspecified atom stereocenters. The van der Waals surface area contributed by atoms with E-state index in [0.29, 0.717) is 24.3 Å². The predicted octanol–water partition coefficient (Wildman–Crippen LogP) is 1.53. The molecule has 3 rings (SSSR count). The lowest BCUT2D eigenvalue weighted by atomic mass is 10.1. The largest absolute Gasteiger partial charge is 0.416 e. The molecule has 6 nitrogen and oxygen atoms in total. The minimum absolute atomic E-state index is 0.195. The number of carbonyl (C=O) groups excluding carboxylic acids is 1. The fourth-order valence-corrected chi connectivity index (χ4v) is 2.70. The molecular formula is C15H15F4N5O. The van der Waals surface area contributed by atoms with E-state index >= 15 is 0 Å². The molecule has 0 saturated carbocycles. The summed E-state index contributed by atoms with van der Waals surface area (Å²) in [5.41, 5.74) is -1.29. The first-order valence-corrected chi connectivity index (χ1v) is 7.51. The van der Waals surface area contributed by atoms with Crippen molar-refractivity contribution < 1.29 is 22.4 Å². The zero-order valence-electron chi connectivity index (χ0n) is 13.2. The number of fused-ring (bicyclic) bond motifs is 1. The topological polar surface area (TPSA) is 71.8 Å². The molecule has 1 aliphatic heterocycles. The summed E-state index contributed by atoms with van der Waals surface area (Å²) in [6.07, 6.45) is -4.69. The van der Waals surface area contributed by atoms with Crippen molar-refractivity contribution in [3.8, 4) is 0 Å². The number of rotatable bonds is 3. The normalized spacial score (nSPS) is 17.2. The van der Waals surface area contributed by atoms with Gasteiger partial charge in [0.1, 0.15) is 23.5 Å². The van der Waals surface area contributed by atoms with Gasteiger partial charge in [0.05, 0.1) is 12.1 Å². The highest BCUT2D eigenvalue weighted by Crippen LogP contribution is 2.32. The van der Waals surface area contributed by atoms with Crippen molar-refractivity contribution in [1.82, 2.24) is 25.4 Å². The first-order chi connectivity index (χ1) is 11.8. The molecule has 10 heteroatoms. The molecule has 1 atom stereocenters. The highest BCUT2D eigenvalue weighted by molar-refractivity contribution is 5.81. The molecular weight excluding hydrogens is 342 g/mol. The van der Waals surface area contributed by atoms with Crippen LogP contribution in [0.25, 0.3) is 0 Å². The molecule has 1 aromatic carbocycles. The molecule has 1 aromatic heterocycles. The van der Waals surface area contributed by atoms with Crippen molar-refractivity contribution in [1.29, 1.82) is 0 Å². The first kappa shape index (κ1) is 17.3. The number of halogens is 4. The van der Waals surface area contributed by atoms with Crippen molar-refractivity contribution in [2.24, 2.45) is 0 Å². The monoisotopic (exact) mass is 357 g/mol. The van der Waals surface area contributed by atoms with E-state index in [1.807, 2.05) is 0 Å². The van der Waals surface area contributed by atoms with Gasteiger partial charge in [-0.2, -0.15) is 13.2 Å². The van der Waals surface area contributed by atoms with Crippen LogP contribution in [-0.2, 0) is 30.6 Å². The Balaban J connectivity index is 1.69. The molecule has 134 valence electrons. The summed E-state index contributed by atoms with van der Waals surface area (Å²) < 4.78 is 53.8. The van der Waals surface area contributed by atoms with Gasteiger partial charge >= 0.3 is 6.18 Å². The minimum atomic E-state index is -4.69. The van der Waals surface area contributed by atoms with Crippen molar-refractivity contribution in [3.05, 3.63) is 46.8 Å². The lowest BCUT2D eigenvalue weighted by Gasteiger charge is -2.24. The van der Waals surface area contributed by atoms with Crippen LogP contribution in [0.1, 0.15) is 22.8 Å². The van der Waals surface area contributed by atoms with Gasteiger partial charge in [0.25, 0.3) is 0 Å². The van der Waals surface area contributed by atoms with Crippen molar-refractivity contribution in [3.63, 3.8) is 0 Å². The Hall–Kier alpha value is -2.49. The molecule has 2 aromatic rings. The molecule has 0 fully saturated rings. The number of hydrogen-bond donors (Lipinski definition) is 2. The molecule has 0 saturated heterocycles. The number of hydrogen-bond acceptors (Lipinski definition) is 4. The first-order valence-electron chi connectivity index (χ1n) is 7.51. The lowest BCUT2D eigenvalue weighted by Crippen LogP contribution is -2.49. The average Bonchev–Trinajstić information content (AvgIpc) is 2.93. The molecule has 1 amide bonds. The highest BCUT2D eigenvalue weighted by Gasteiger charge is 2.34. The summed E-state index contributed by atoms with van der Waals surface area (Å²) in [5.74, 6) is -0.0743. The molecule has 1 aliphatic rings. The van der Waals surface area contributed by atoms with Crippen LogP contribution < -0.4 is 10.6 Å². The molecule has 2 N–H and O–H groups in total. The summed E-state index contributed by atoms with van der Waals surface area (Å²) in [6.45, 7) is 2.03. The maximum absolute atomic E-state index is 13.1. The van der Waals surface area contributed by atoms with Gasteiger partial charge in [-0.1, -0.05) is 6.07 Å². The number of nitrogens with one attached hydrogen (secondary N) is 2. The summed E-state index contributed by atoms with van der Waals surface area (Å²) in [4.78, 5) is 12.3. The third-order valence-electron chi connectivity index (χ3n) is 4.03. The van der Waals surface area contributed by atoms with Gasteiger partial charge in [-0.05, 0) is 24.6 Å². The van der Waals surface area contributed by atoms with E-state index in [1.54, 1.807) is 11.5 Å². The van der Waals surface area contributed by atoms with Gasteiger partial charge in [0.15, 0.2) is 0 Å². The van der Waals surface area contributed by atoms with Crippen LogP contribution in [0.15, 0.2) is 18.2 Å². The molecule has 0 radical (unpaired) electrons. The number of aromatic nitrogens is 3. The quantitative estimate of drug-likeness (QED) is 0.818. The number of alkyl halides is 3. The Bertz CT molecular complexity index is 802. The lowest BCUT2D eigenvalue weighted by molar-refractivity contribution is -0.138. The highest BCUT2D eigenvalue weighted by atomic mass is 19.4. The van der Waals surface area contributed by atoms with Gasteiger partial charge in [-0.25, -0.2) is 4.39 Å². The number of benzene rings is 1. The second-order valence-electron chi connectivity index (χ2n) is 5.72. The zero-order valence-corrected chi connectivity index (χ0v) is 13.2. The number of nitrogens with zero attached hydrogens (tertiary/aromatic N) is 3. The fourth-order valence-electron chi connectivity index (χ4n) is 2.70. The van der Waals surface area contributed by atoms with Gasteiger partial charge in [0, 0.05) is 13.1 Å². The summed E-state index contributed by atoms with van der Waals surface area (Å²) in [5, 5.41) is 13.3. The van der Waals surface area contributed by atoms with Crippen LogP contribution in [0.5, 0.6) is 0 Å². The zero-order chi connectivity index (χ0) is 18.2. The van der Waals surface area contributed by atoms with Crippen LogP contribution >= 0.6 is 0 Å². The van der Waals surface area contributed by atoms with Gasteiger partial charge in [-0.15, -0.1) is 10.2 Å². The molecule has 0 bridgehead atoms. The van der Waals surface area contributed by atoms with E-state index in [2.05, 4.69) is 20.8 Å². The van der Waals surface area contributed by atoms with E-state index in [9.17, 15) is 22.4 Å². The third-order valence-corrected chi connectivity index (χ3v) is 4.03. The molecule has 2 heterocycles. The van der Waals surface area contributed by atoms with Crippen LogP contribution in [0.4, 0.5) is 17.6 Å². The van der Waals surface area contributed by atoms with Crippen LogP contribution in [0, 0.1) is 12.7 Å². The third kappa shape index (κ3) is 3.63. The number of amides is 1. The molecule has 25 heavy (non-hydrogen) atoms. The standard InChI is InChI=1S/C15H15F4N5O/c1-8-22-23-13-6-20-12(7-24(8)13)14(25)21-5-9-2-3-10(16)4-11(9)15(17,18)19/h2-4,12,20H,5-7H2,1H3,(H,21,25). The second-order valence-corrected chi connectivity index (χ2v) is 5.72. The van der Waals surface area contributed by atoms with Gasteiger partial charge < -0.3 is 9.88 Å². The van der Waals surface area contributed by atoms with E-state index in [-0.39, 0.29) is 18.7 Å². The summed E-state index contributed by atoms with van der Waals surface area (Å²) >= 11 is 0. The smallest absolute Gasteiger partial charge is 0.351 e. The second kappa shape index (κ2) is 6.43. The van der Waals surface area contributed by atoms with Gasteiger partial charge in [0.2, 0.25) is 5.91 Å². The van der Waals surface area contributed by atoms with Crippen molar-refractivity contribution >= 4 is 5.91 Å². The van der Waals surface area contributed by atoms with Crippen LogP contribution in [-0.4, -0.2) is 26.7 Å². The number of carbonyl (C=O) groups is 1. The van der Waals surface area contributed by atoms with Gasteiger partial charge in [-0.3, -0.25) is 10.1 Å². The maximum atomic E-state index is 13.1. The molecule has 0 aliphatic carbocycles. The van der Waals surface area contributed by atoms with E-state index in [4.69, 9.17) is 0 Å². The Kier molecular flexibility index (Phi) is 4.46. The van der Waals surface area contributed by atoms with Crippen LogP contribution in [0.2, 0.25) is 0 Å². The van der Waals surface area contributed by atoms with E-state index in [0.717, 1.165) is 12.1 Å². The summed E-state index contributed by atoms with van der Waals surface area (Å²) in [7, 11) is 0. The van der Waals surface area contributed by atoms with Crippen molar-refractivity contribution in [2.75, 3.05) is 0 Å². The Labute approximate surface area is 140 Å². The Morgan fingerprint density at radius 2 is 2.16 bits per heavy atom. The van der Waals surface area contributed by atoms with Crippen molar-refractivity contribution in [2.45, 2.75) is 38.8 Å². The average molecular weight is 357 g/mol. The summed E-state index contributed by atoms with van der Waals surface area (Å²) in [6, 6.07) is 1.77. The SMILES string of the molecule is Cc1nnc2n1CC(C(=O)NCc1ccc(F)cc1C(F)(F)F)NC2. The Morgan fingerprint density at radius 3 is 2.88 bits per heavy atom.